The number of benzene rings is 2. The van der Waals surface area contributed by atoms with Crippen molar-refractivity contribution in [3.8, 4) is 6.07 Å². The summed E-state index contributed by atoms with van der Waals surface area (Å²) in [6.45, 7) is 0. The van der Waals surface area contributed by atoms with Crippen LogP contribution in [0.3, 0.4) is 0 Å². The van der Waals surface area contributed by atoms with E-state index in [1.807, 2.05) is 6.07 Å². The average molecular weight is 349 g/mol. The maximum atomic E-state index is 11.7. The Bertz CT molecular complexity index is 954. The molecule has 1 amide bonds. The van der Waals surface area contributed by atoms with Gasteiger partial charge in [0.25, 0.3) is 0 Å². The number of anilines is 1. The maximum Gasteiger partial charge on any atom is 0.336 e. The van der Waals surface area contributed by atoms with Crippen molar-refractivity contribution in [1.29, 1.82) is 5.26 Å². The molecule has 0 aromatic heterocycles. The number of carboxylic acid groups (broad SMARTS) is 1. The SMILES string of the molecule is N#Cc1c(C=C(C(=O)O)c2cccc(N=C(N)N)c2)cccc1NC=O. The van der Waals surface area contributed by atoms with E-state index in [-0.39, 0.29) is 22.8 Å². The fourth-order valence-corrected chi connectivity index (χ4v) is 2.32. The molecule has 130 valence electrons. The number of hydrogen-bond acceptors (Lipinski definition) is 4. The summed E-state index contributed by atoms with van der Waals surface area (Å²) in [5, 5.41) is 21.4. The molecule has 0 unspecified atom stereocenters. The minimum atomic E-state index is -1.19. The van der Waals surface area contributed by atoms with Crippen LogP contribution in [-0.4, -0.2) is 23.4 Å². The first-order chi connectivity index (χ1) is 12.5. The predicted molar refractivity (Wildman–Crippen MR) is 98.3 cm³/mol. The smallest absolute Gasteiger partial charge is 0.336 e. The van der Waals surface area contributed by atoms with Crippen LogP contribution >= 0.6 is 0 Å². The Hall–Kier alpha value is -4.12. The second kappa shape index (κ2) is 8.12. The van der Waals surface area contributed by atoms with Crippen molar-refractivity contribution < 1.29 is 14.7 Å². The van der Waals surface area contributed by atoms with E-state index >= 15 is 0 Å². The molecule has 8 heteroatoms. The van der Waals surface area contributed by atoms with Crippen LogP contribution in [0.5, 0.6) is 0 Å². The molecule has 0 aliphatic carbocycles. The number of nitrogens with two attached hydrogens (primary N) is 2. The number of nitrogens with zero attached hydrogens (tertiary/aromatic N) is 2. The van der Waals surface area contributed by atoms with Crippen molar-refractivity contribution in [2.24, 2.45) is 16.5 Å². The molecule has 0 saturated carbocycles. The fourth-order valence-electron chi connectivity index (χ4n) is 2.32. The van der Waals surface area contributed by atoms with Gasteiger partial charge in [-0.05, 0) is 35.4 Å². The van der Waals surface area contributed by atoms with Crippen LogP contribution in [0.4, 0.5) is 11.4 Å². The summed E-state index contributed by atoms with van der Waals surface area (Å²) < 4.78 is 0. The number of carboxylic acids is 1. The second-order valence-electron chi connectivity index (χ2n) is 5.09. The van der Waals surface area contributed by atoms with E-state index in [4.69, 9.17) is 11.5 Å². The number of amides is 1. The topological polar surface area (TPSA) is 155 Å². The zero-order valence-corrected chi connectivity index (χ0v) is 13.5. The largest absolute Gasteiger partial charge is 0.478 e. The van der Waals surface area contributed by atoms with Crippen LogP contribution in [0, 0.1) is 11.3 Å². The molecule has 0 spiro atoms. The monoisotopic (exact) mass is 349 g/mol. The molecular weight excluding hydrogens is 334 g/mol. The quantitative estimate of drug-likeness (QED) is 0.204. The molecule has 0 heterocycles. The van der Waals surface area contributed by atoms with Gasteiger partial charge in [-0.2, -0.15) is 5.26 Å². The molecule has 0 bridgehead atoms. The molecule has 0 aliphatic rings. The minimum Gasteiger partial charge on any atom is -0.478 e. The van der Waals surface area contributed by atoms with E-state index in [0.717, 1.165) is 0 Å². The molecule has 6 N–H and O–H groups in total. The van der Waals surface area contributed by atoms with Crippen molar-refractivity contribution in [3.63, 3.8) is 0 Å². The normalized spacial score (nSPS) is 10.5. The van der Waals surface area contributed by atoms with Crippen LogP contribution in [0.25, 0.3) is 11.6 Å². The van der Waals surface area contributed by atoms with Crippen molar-refractivity contribution in [3.05, 3.63) is 59.2 Å². The Labute approximate surface area is 149 Å². The number of aliphatic carboxylic acids is 1. The third-order valence-electron chi connectivity index (χ3n) is 3.37. The van der Waals surface area contributed by atoms with Gasteiger partial charge in [-0.3, -0.25) is 4.79 Å². The summed E-state index contributed by atoms with van der Waals surface area (Å²) in [5.41, 5.74) is 12.2. The molecule has 0 atom stereocenters. The Morgan fingerprint density at radius 2 is 1.96 bits per heavy atom. The maximum absolute atomic E-state index is 11.7. The molecule has 0 fully saturated rings. The van der Waals surface area contributed by atoms with Crippen LogP contribution < -0.4 is 16.8 Å². The van der Waals surface area contributed by atoms with Crippen LogP contribution in [0.1, 0.15) is 16.7 Å². The van der Waals surface area contributed by atoms with Gasteiger partial charge < -0.3 is 21.9 Å². The highest BCUT2D eigenvalue weighted by Gasteiger charge is 2.14. The molecule has 2 aromatic rings. The van der Waals surface area contributed by atoms with Gasteiger partial charge in [-0.25, -0.2) is 9.79 Å². The summed E-state index contributed by atoms with van der Waals surface area (Å²) in [7, 11) is 0. The lowest BCUT2D eigenvalue weighted by atomic mass is 9.99. The minimum absolute atomic E-state index is 0.0580. The number of nitrogens with one attached hydrogen (secondary N) is 1. The lowest BCUT2D eigenvalue weighted by molar-refractivity contribution is -0.130. The van der Waals surface area contributed by atoms with E-state index in [2.05, 4.69) is 10.3 Å². The van der Waals surface area contributed by atoms with E-state index in [1.54, 1.807) is 36.4 Å². The number of rotatable bonds is 6. The van der Waals surface area contributed by atoms with E-state index in [1.165, 1.54) is 12.1 Å². The number of carbonyl (C=O) groups excluding carboxylic acids is 1. The third kappa shape index (κ3) is 4.24. The molecule has 8 nitrogen and oxygen atoms in total. The van der Waals surface area contributed by atoms with Gasteiger partial charge >= 0.3 is 5.97 Å². The number of hydrogen-bond donors (Lipinski definition) is 4. The lowest BCUT2D eigenvalue weighted by Crippen LogP contribution is -2.21. The standard InChI is InChI=1S/C18H15N5O3/c19-9-15-12(4-2-6-16(15)22-10-24)8-14(17(25)26)11-3-1-5-13(7-11)23-18(20)21/h1-8,10H,(H,22,24)(H,25,26)(H4,20,21,23). The Balaban J connectivity index is 2.61. The van der Waals surface area contributed by atoms with Gasteiger partial charge in [0.2, 0.25) is 6.41 Å². The van der Waals surface area contributed by atoms with Crippen LogP contribution in [-0.2, 0) is 9.59 Å². The Morgan fingerprint density at radius 1 is 1.23 bits per heavy atom. The average Bonchev–Trinajstić information content (AvgIpc) is 2.59. The van der Waals surface area contributed by atoms with E-state index in [0.29, 0.717) is 23.2 Å². The fraction of sp³-hybridized carbons (Fsp3) is 0. The van der Waals surface area contributed by atoms with Gasteiger partial charge in [0, 0.05) is 0 Å². The molecule has 0 radical (unpaired) electrons. The summed E-state index contributed by atoms with van der Waals surface area (Å²) in [6, 6.07) is 13.0. The van der Waals surface area contributed by atoms with Gasteiger partial charge in [0.05, 0.1) is 22.5 Å². The molecule has 26 heavy (non-hydrogen) atoms. The molecule has 2 rings (SSSR count). The number of nitriles is 1. The number of guanidine groups is 1. The third-order valence-corrected chi connectivity index (χ3v) is 3.37. The molecular formula is C18H15N5O3. The Morgan fingerprint density at radius 3 is 2.58 bits per heavy atom. The van der Waals surface area contributed by atoms with E-state index < -0.39 is 5.97 Å². The highest BCUT2D eigenvalue weighted by atomic mass is 16.4. The Kier molecular flexibility index (Phi) is 5.69. The first-order valence-electron chi connectivity index (χ1n) is 7.34. The van der Waals surface area contributed by atoms with Crippen molar-refractivity contribution in [1.82, 2.24) is 0 Å². The van der Waals surface area contributed by atoms with Crippen molar-refractivity contribution >= 4 is 41.4 Å². The van der Waals surface area contributed by atoms with Crippen LogP contribution in [0.15, 0.2) is 47.5 Å². The zero-order chi connectivity index (χ0) is 19.1. The summed E-state index contributed by atoms with van der Waals surface area (Å²) in [6.07, 6.45) is 1.80. The van der Waals surface area contributed by atoms with Crippen molar-refractivity contribution in [2.75, 3.05) is 5.32 Å². The zero-order valence-electron chi connectivity index (χ0n) is 13.5. The first-order valence-corrected chi connectivity index (χ1v) is 7.34. The predicted octanol–water partition coefficient (Wildman–Crippen LogP) is 1.66. The molecule has 2 aromatic carbocycles. The summed E-state index contributed by atoms with van der Waals surface area (Å²) in [5.74, 6) is -1.34. The van der Waals surface area contributed by atoms with E-state index in [9.17, 15) is 20.0 Å². The number of carbonyl (C=O) groups is 2. The number of aliphatic imine (C=N–C) groups is 1. The molecule has 0 aliphatic heterocycles. The van der Waals surface area contributed by atoms with Crippen molar-refractivity contribution in [2.45, 2.75) is 0 Å². The van der Waals surface area contributed by atoms with Gasteiger partial charge in [-0.15, -0.1) is 0 Å². The van der Waals surface area contributed by atoms with Crippen LogP contribution in [0.2, 0.25) is 0 Å². The van der Waals surface area contributed by atoms with Gasteiger partial charge in [-0.1, -0.05) is 24.3 Å². The summed E-state index contributed by atoms with van der Waals surface area (Å²) in [4.78, 5) is 26.3. The van der Waals surface area contributed by atoms with Gasteiger partial charge in [0.1, 0.15) is 6.07 Å². The van der Waals surface area contributed by atoms with Gasteiger partial charge in [0.15, 0.2) is 5.96 Å². The summed E-state index contributed by atoms with van der Waals surface area (Å²) >= 11 is 0. The molecule has 0 saturated heterocycles. The lowest BCUT2D eigenvalue weighted by Gasteiger charge is -2.08. The highest BCUT2D eigenvalue weighted by Crippen LogP contribution is 2.26. The first kappa shape index (κ1) is 18.2. The second-order valence-corrected chi connectivity index (χ2v) is 5.09. The highest BCUT2D eigenvalue weighted by molar-refractivity contribution is 6.21.